The summed E-state index contributed by atoms with van der Waals surface area (Å²) >= 11 is 0. The molecule has 3 aliphatic heterocycles. The van der Waals surface area contributed by atoms with E-state index >= 15 is 0 Å². The third-order valence-corrected chi connectivity index (χ3v) is 10.5. The van der Waals surface area contributed by atoms with Gasteiger partial charge in [0.1, 0.15) is 6.54 Å². The molecule has 0 unspecified atom stereocenters. The zero-order valence-corrected chi connectivity index (χ0v) is 28.2. The number of carbonyl (C=O) groups is 2. The summed E-state index contributed by atoms with van der Waals surface area (Å²) in [6.45, 7) is 2.38. The molecule has 3 aromatic carbocycles. The topological polar surface area (TPSA) is 93.7 Å². The van der Waals surface area contributed by atoms with Crippen molar-refractivity contribution < 1.29 is 22.8 Å². The van der Waals surface area contributed by atoms with Gasteiger partial charge in [0, 0.05) is 59.0 Å². The van der Waals surface area contributed by atoms with Crippen molar-refractivity contribution in [2.24, 2.45) is 5.92 Å². The van der Waals surface area contributed by atoms with Crippen LogP contribution >= 0.6 is 0 Å². The molecule has 0 radical (unpaired) electrons. The first-order valence-electron chi connectivity index (χ1n) is 17.4. The van der Waals surface area contributed by atoms with E-state index in [2.05, 4.69) is 32.5 Å². The zero-order valence-electron chi connectivity index (χ0n) is 28.2. The summed E-state index contributed by atoms with van der Waals surface area (Å²) in [5, 5.41) is 7.72. The van der Waals surface area contributed by atoms with Crippen molar-refractivity contribution in [3.8, 4) is 11.1 Å². The Labute approximate surface area is 293 Å². The van der Waals surface area contributed by atoms with E-state index in [1.165, 1.54) is 6.07 Å². The number of halogens is 3. The molecule has 2 fully saturated rings. The Morgan fingerprint density at radius 2 is 1.63 bits per heavy atom. The minimum atomic E-state index is -4.65. The molecule has 0 saturated carbocycles. The highest BCUT2D eigenvalue weighted by molar-refractivity contribution is 6.11. The molecule has 262 valence electrons. The molecule has 5 heterocycles. The van der Waals surface area contributed by atoms with Crippen LogP contribution in [0.15, 0.2) is 79.1 Å². The maximum atomic E-state index is 14.8. The standard InChI is InChI=1S/C39H38F3N7O2/c1-47-14-12-28(13-15-47)45-38(51)24-10-16-48(17-11-24)35-9-7-29(20-31(35)39(40,41)42)49-23-36(50)46-34-22-44-33-8-6-25(19-30(33)37(34)49)27-18-26-4-2-3-5-32(26)43-21-27/h2-9,18-22,24,28H,10-17,23H2,1H3,(H,45,51)(H,46,50). The van der Waals surface area contributed by atoms with Crippen LogP contribution in [0.3, 0.4) is 0 Å². The number of likely N-dealkylation sites (tertiary alicyclic amines) is 1. The average Bonchev–Trinajstić information content (AvgIpc) is 3.14. The SMILES string of the molecule is CN1CCC(NC(=O)C2CCN(c3ccc(N4CC(=O)Nc5cnc6ccc(-c7cnc8ccccc8c7)cc6c54)cc3C(F)(F)F)CC2)CC1. The van der Waals surface area contributed by atoms with Crippen molar-refractivity contribution >= 4 is 56.4 Å². The van der Waals surface area contributed by atoms with Crippen molar-refractivity contribution in [3.63, 3.8) is 0 Å². The summed E-state index contributed by atoms with van der Waals surface area (Å²) in [6.07, 6.45) is 1.46. The molecule has 12 heteroatoms. The molecule has 2 aromatic heterocycles. The fourth-order valence-corrected chi connectivity index (χ4v) is 7.65. The molecule has 0 spiro atoms. The van der Waals surface area contributed by atoms with Gasteiger partial charge >= 0.3 is 6.18 Å². The van der Waals surface area contributed by atoms with E-state index in [4.69, 9.17) is 0 Å². The van der Waals surface area contributed by atoms with E-state index in [1.54, 1.807) is 28.3 Å². The van der Waals surface area contributed by atoms with Crippen molar-refractivity contribution in [3.05, 3.63) is 84.7 Å². The highest BCUT2D eigenvalue weighted by Crippen LogP contribution is 2.45. The Morgan fingerprint density at radius 1 is 0.863 bits per heavy atom. The zero-order chi connectivity index (χ0) is 35.3. The number of benzene rings is 3. The van der Waals surface area contributed by atoms with Gasteiger partial charge in [0.2, 0.25) is 11.8 Å². The molecular weight excluding hydrogens is 655 g/mol. The predicted molar refractivity (Wildman–Crippen MR) is 193 cm³/mol. The van der Waals surface area contributed by atoms with Crippen LogP contribution in [0.2, 0.25) is 0 Å². The third kappa shape index (κ3) is 6.56. The normalized spacial score (nSPS) is 17.8. The number of piperidine rings is 2. The third-order valence-electron chi connectivity index (χ3n) is 10.5. The first-order valence-corrected chi connectivity index (χ1v) is 17.4. The fourth-order valence-electron chi connectivity index (χ4n) is 7.65. The number of carbonyl (C=O) groups excluding carboxylic acids is 2. The van der Waals surface area contributed by atoms with Crippen molar-refractivity contribution in [2.75, 3.05) is 54.9 Å². The summed E-state index contributed by atoms with van der Waals surface area (Å²) in [5.74, 6) is -0.578. The molecule has 3 aliphatic rings. The lowest BCUT2D eigenvalue weighted by atomic mass is 9.93. The van der Waals surface area contributed by atoms with E-state index in [0.29, 0.717) is 48.2 Å². The summed E-state index contributed by atoms with van der Waals surface area (Å²) in [4.78, 5) is 40.7. The minimum Gasteiger partial charge on any atom is -0.371 e. The number of fused-ring (bicyclic) bond motifs is 4. The van der Waals surface area contributed by atoms with Crippen LogP contribution in [0.4, 0.5) is 35.9 Å². The Balaban J connectivity index is 1.09. The van der Waals surface area contributed by atoms with Gasteiger partial charge in [-0.3, -0.25) is 19.6 Å². The van der Waals surface area contributed by atoms with Gasteiger partial charge in [-0.05, 0) is 93.8 Å². The first kappa shape index (κ1) is 32.9. The summed E-state index contributed by atoms with van der Waals surface area (Å²) < 4.78 is 44.4. The van der Waals surface area contributed by atoms with E-state index < -0.39 is 11.7 Å². The fraction of sp³-hybridized carbons (Fsp3) is 0.333. The summed E-state index contributed by atoms with van der Waals surface area (Å²) in [6, 6.07) is 20.1. The molecule has 2 N–H and O–H groups in total. The number of hydrogen-bond acceptors (Lipinski definition) is 7. The van der Waals surface area contributed by atoms with Gasteiger partial charge in [0.25, 0.3) is 0 Å². The molecule has 2 amide bonds. The van der Waals surface area contributed by atoms with Crippen molar-refractivity contribution in [2.45, 2.75) is 37.9 Å². The second kappa shape index (κ2) is 13.1. The summed E-state index contributed by atoms with van der Waals surface area (Å²) in [5.41, 5.74) is 3.81. The van der Waals surface area contributed by atoms with Gasteiger partial charge in [-0.15, -0.1) is 0 Å². The van der Waals surface area contributed by atoms with Crippen LogP contribution < -0.4 is 20.4 Å². The van der Waals surface area contributed by atoms with Gasteiger partial charge in [0.05, 0.1) is 34.2 Å². The van der Waals surface area contributed by atoms with Gasteiger partial charge in [-0.2, -0.15) is 13.2 Å². The van der Waals surface area contributed by atoms with Crippen molar-refractivity contribution in [1.82, 2.24) is 20.2 Å². The Kier molecular flexibility index (Phi) is 8.49. The minimum absolute atomic E-state index is 0.000566. The lowest BCUT2D eigenvalue weighted by Crippen LogP contribution is -2.47. The molecule has 2 saturated heterocycles. The Morgan fingerprint density at radius 3 is 2.41 bits per heavy atom. The van der Waals surface area contributed by atoms with Gasteiger partial charge in [-0.1, -0.05) is 24.3 Å². The lowest BCUT2D eigenvalue weighted by molar-refractivity contribution is -0.137. The van der Waals surface area contributed by atoms with Crippen LogP contribution in [0.25, 0.3) is 32.9 Å². The first-order chi connectivity index (χ1) is 24.6. The second-order valence-electron chi connectivity index (χ2n) is 13.9. The highest BCUT2D eigenvalue weighted by Gasteiger charge is 2.38. The number of nitrogens with one attached hydrogen (secondary N) is 2. The predicted octanol–water partition coefficient (Wildman–Crippen LogP) is 6.99. The maximum absolute atomic E-state index is 14.8. The number of hydrogen-bond donors (Lipinski definition) is 2. The van der Waals surface area contributed by atoms with Crippen LogP contribution in [0, 0.1) is 5.92 Å². The molecule has 9 nitrogen and oxygen atoms in total. The van der Waals surface area contributed by atoms with E-state index in [-0.39, 0.29) is 41.7 Å². The monoisotopic (exact) mass is 693 g/mol. The van der Waals surface area contributed by atoms with E-state index in [1.807, 2.05) is 48.5 Å². The Hall–Kier alpha value is -5.23. The van der Waals surface area contributed by atoms with Gasteiger partial charge < -0.3 is 25.3 Å². The molecule has 5 aromatic rings. The van der Waals surface area contributed by atoms with Crippen LogP contribution in [0.1, 0.15) is 31.2 Å². The quantitative estimate of drug-likeness (QED) is 0.205. The Bertz CT molecular complexity index is 2140. The lowest BCUT2D eigenvalue weighted by Gasteiger charge is -2.37. The van der Waals surface area contributed by atoms with E-state index in [9.17, 15) is 22.8 Å². The smallest absolute Gasteiger partial charge is 0.371 e. The van der Waals surface area contributed by atoms with Crippen LogP contribution in [0.5, 0.6) is 0 Å². The largest absolute Gasteiger partial charge is 0.418 e. The number of amides is 2. The number of anilines is 4. The maximum Gasteiger partial charge on any atom is 0.418 e. The summed E-state index contributed by atoms with van der Waals surface area (Å²) in [7, 11) is 2.07. The molecule has 51 heavy (non-hydrogen) atoms. The van der Waals surface area contributed by atoms with Crippen LogP contribution in [-0.4, -0.2) is 72.5 Å². The van der Waals surface area contributed by atoms with Gasteiger partial charge in [0.15, 0.2) is 0 Å². The molecule has 0 atom stereocenters. The highest BCUT2D eigenvalue weighted by atomic mass is 19.4. The number of alkyl halides is 3. The second-order valence-corrected chi connectivity index (χ2v) is 13.9. The number of para-hydroxylation sites is 1. The number of aromatic nitrogens is 2. The van der Waals surface area contributed by atoms with Gasteiger partial charge in [-0.25, -0.2) is 0 Å². The van der Waals surface area contributed by atoms with Crippen molar-refractivity contribution in [1.29, 1.82) is 0 Å². The number of rotatable bonds is 5. The van der Waals surface area contributed by atoms with Crippen LogP contribution in [-0.2, 0) is 15.8 Å². The molecular formula is C39H38F3N7O2. The number of nitrogens with zero attached hydrogens (tertiary/aromatic N) is 5. The molecule has 8 rings (SSSR count). The number of pyridine rings is 2. The average molecular weight is 694 g/mol. The molecule has 0 aliphatic carbocycles. The molecule has 0 bridgehead atoms. The van der Waals surface area contributed by atoms with E-state index in [0.717, 1.165) is 54.0 Å².